The van der Waals surface area contributed by atoms with E-state index >= 15 is 0 Å². The molecule has 3 aromatic heterocycles. The molecule has 0 atom stereocenters. The van der Waals surface area contributed by atoms with Gasteiger partial charge in [-0.15, -0.1) is 0 Å². The number of aromatic amines is 1. The highest BCUT2D eigenvalue weighted by molar-refractivity contribution is 7.14. The summed E-state index contributed by atoms with van der Waals surface area (Å²) in [6.45, 7) is 0. The average Bonchev–Trinajstić information content (AvgIpc) is 2.98. The Balaban J connectivity index is 1.89. The summed E-state index contributed by atoms with van der Waals surface area (Å²) in [7, 11) is 0. The Hall–Kier alpha value is -1.99. The zero-order valence-corrected chi connectivity index (χ0v) is 11.0. The summed E-state index contributed by atoms with van der Waals surface area (Å²) >= 11 is 6.67. The molecule has 19 heavy (non-hydrogen) atoms. The van der Waals surface area contributed by atoms with Crippen molar-refractivity contribution in [3.63, 3.8) is 0 Å². The Morgan fingerprint density at radius 3 is 2.95 bits per heavy atom. The van der Waals surface area contributed by atoms with Gasteiger partial charge in [0.15, 0.2) is 5.13 Å². The number of H-pyrrole nitrogens is 1. The number of anilines is 2. The Bertz CT molecular complexity index is 697. The van der Waals surface area contributed by atoms with E-state index in [0.29, 0.717) is 21.7 Å². The van der Waals surface area contributed by atoms with Gasteiger partial charge < -0.3 is 5.32 Å². The molecule has 3 aromatic rings. The molecule has 0 amide bonds. The van der Waals surface area contributed by atoms with Crippen molar-refractivity contribution in [2.45, 2.75) is 0 Å². The molecule has 0 aliphatic heterocycles. The molecule has 96 valence electrons. The smallest absolute Gasteiger partial charge is 0.206 e. The average molecular weight is 296 g/mol. The van der Waals surface area contributed by atoms with Crippen LogP contribution < -0.4 is 5.32 Å². The standard InChI is InChI=1S/C11H7ClFN5S/c12-7-2-1-3-8(16-7)17-11-18-9(10(13)19-11)6-4-14-15-5-6/h1-5H,(H,14,15)(H,16,17,18). The molecular formula is C11H7ClFN5S. The lowest BCUT2D eigenvalue weighted by atomic mass is 10.3. The Labute approximate surface area is 116 Å². The lowest BCUT2D eigenvalue weighted by molar-refractivity contribution is 0.657. The van der Waals surface area contributed by atoms with Gasteiger partial charge in [0.2, 0.25) is 5.13 Å². The van der Waals surface area contributed by atoms with Gasteiger partial charge in [-0.1, -0.05) is 29.0 Å². The molecule has 0 unspecified atom stereocenters. The zero-order chi connectivity index (χ0) is 13.2. The second-order valence-corrected chi connectivity index (χ2v) is 4.94. The van der Waals surface area contributed by atoms with E-state index in [4.69, 9.17) is 11.6 Å². The number of rotatable bonds is 3. The Morgan fingerprint density at radius 2 is 2.21 bits per heavy atom. The van der Waals surface area contributed by atoms with Crippen molar-refractivity contribution in [2.75, 3.05) is 5.32 Å². The minimum atomic E-state index is -0.383. The fourth-order valence-electron chi connectivity index (χ4n) is 1.50. The summed E-state index contributed by atoms with van der Waals surface area (Å²) in [6, 6.07) is 5.13. The number of thiazole rings is 1. The molecule has 8 heteroatoms. The Morgan fingerprint density at radius 1 is 1.32 bits per heavy atom. The second-order valence-electron chi connectivity index (χ2n) is 3.60. The van der Waals surface area contributed by atoms with Crippen LogP contribution >= 0.6 is 22.9 Å². The first-order valence-electron chi connectivity index (χ1n) is 5.27. The maximum absolute atomic E-state index is 13.8. The number of halogens is 2. The van der Waals surface area contributed by atoms with Crippen LogP contribution in [-0.2, 0) is 0 Å². The van der Waals surface area contributed by atoms with Crippen LogP contribution in [0.3, 0.4) is 0 Å². The van der Waals surface area contributed by atoms with Gasteiger partial charge in [-0.25, -0.2) is 9.97 Å². The highest BCUT2D eigenvalue weighted by atomic mass is 35.5. The fraction of sp³-hybridized carbons (Fsp3) is 0. The van der Waals surface area contributed by atoms with E-state index in [-0.39, 0.29) is 10.8 Å². The van der Waals surface area contributed by atoms with Crippen molar-refractivity contribution in [2.24, 2.45) is 0 Å². The van der Waals surface area contributed by atoms with E-state index in [0.717, 1.165) is 11.3 Å². The van der Waals surface area contributed by atoms with Crippen molar-refractivity contribution < 1.29 is 4.39 Å². The molecule has 0 saturated heterocycles. The van der Waals surface area contributed by atoms with Crippen LogP contribution in [0, 0.1) is 5.13 Å². The van der Waals surface area contributed by atoms with Crippen LogP contribution in [0.15, 0.2) is 30.6 Å². The predicted octanol–water partition coefficient (Wildman–Crippen LogP) is 3.46. The number of hydrogen-bond donors (Lipinski definition) is 2. The molecule has 0 bridgehead atoms. The fourth-order valence-corrected chi connectivity index (χ4v) is 2.39. The molecule has 0 spiro atoms. The number of pyridine rings is 1. The Kier molecular flexibility index (Phi) is 3.14. The first kappa shape index (κ1) is 12.1. The van der Waals surface area contributed by atoms with Crippen LogP contribution in [0.1, 0.15) is 0 Å². The number of nitrogens with zero attached hydrogens (tertiary/aromatic N) is 3. The van der Waals surface area contributed by atoms with Gasteiger partial charge in [-0.3, -0.25) is 5.10 Å². The summed E-state index contributed by atoms with van der Waals surface area (Å²) in [4.78, 5) is 8.22. The first-order valence-corrected chi connectivity index (χ1v) is 6.47. The predicted molar refractivity (Wildman–Crippen MR) is 72.2 cm³/mol. The molecule has 2 N–H and O–H groups in total. The highest BCUT2D eigenvalue weighted by Crippen LogP contribution is 2.30. The molecule has 3 heterocycles. The third kappa shape index (κ3) is 2.56. The monoisotopic (exact) mass is 295 g/mol. The van der Waals surface area contributed by atoms with Crippen LogP contribution in [0.5, 0.6) is 0 Å². The van der Waals surface area contributed by atoms with Crippen LogP contribution in [-0.4, -0.2) is 20.2 Å². The number of nitrogens with one attached hydrogen (secondary N) is 2. The van der Waals surface area contributed by atoms with Gasteiger partial charge in [-0.2, -0.15) is 9.49 Å². The van der Waals surface area contributed by atoms with Gasteiger partial charge in [0.1, 0.15) is 16.7 Å². The summed E-state index contributed by atoms with van der Waals surface area (Å²) < 4.78 is 13.8. The molecule has 0 aliphatic rings. The van der Waals surface area contributed by atoms with Crippen molar-refractivity contribution in [1.82, 2.24) is 20.2 Å². The number of hydrogen-bond acceptors (Lipinski definition) is 5. The minimum Gasteiger partial charge on any atom is -0.316 e. The highest BCUT2D eigenvalue weighted by Gasteiger charge is 2.14. The largest absolute Gasteiger partial charge is 0.316 e. The lowest BCUT2D eigenvalue weighted by Crippen LogP contribution is -1.92. The van der Waals surface area contributed by atoms with E-state index in [9.17, 15) is 4.39 Å². The normalized spacial score (nSPS) is 10.6. The minimum absolute atomic E-state index is 0.253. The molecule has 0 fully saturated rings. The summed E-state index contributed by atoms with van der Waals surface area (Å²) in [5.41, 5.74) is 0.851. The van der Waals surface area contributed by atoms with E-state index < -0.39 is 0 Å². The van der Waals surface area contributed by atoms with Crippen molar-refractivity contribution in [1.29, 1.82) is 0 Å². The number of aromatic nitrogens is 4. The molecule has 0 radical (unpaired) electrons. The summed E-state index contributed by atoms with van der Waals surface area (Å²) in [5.74, 6) is 0.514. The maximum Gasteiger partial charge on any atom is 0.206 e. The van der Waals surface area contributed by atoms with E-state index in [1.54, 1.807) is 24.4 Å². The first-order chi connectivity index (χ1) is 9.22. The summed E-state index contributed by atoms with van der Waals surface area (Å²) in [6.07, 6.45) is 3.10. The van der Waals surface area contributed by atoms with Crippen molar-refractivity contribution in [3.8, 4) is 11.3 Å². The third-order valence-electron chi connectivity index (χ3n) is 2.31. The second kappa shape index (κ2) is 4.94. The van der Waals surface area contributed by atoms with Crippen molar-refractivity contribution in [3.05, 3.63) is 40.9 Å². The van der Waals surface area contributed by atoms with Gasteiger partial charge >= 0.3 is 0 Å². The topological polar surface area (TPSA) is 66.5 Å². The maximum atomic E-state index is 13.8. The molecule has 0 saturated carbocycles. The van der Waals surface area contributed by atoms with E-state index in [1.165, 1.54) is 6.20 Å². The van der Waals surface area contributed by atoms with Crippen LogP contribution in [0.4, 0.5) is 15.3 Å². The van der Waals surface area contributed by atoms with Crippen LogP contribution in [0.2, 0.25) is 5.15 Å². The zero-order valence-electron chi connectivity index (χ0n) is 9.39. The van der Waals surface area contributed by atoms with Gasteiger partial charge in [0.25, 0.3) is 0 Å². The molecule has 0 aromatic carbocycles. The molecule has 5 nitrogen and oxygen atoms in total. The van der Waals surface area contributed by atoms with Gasteiger partial charge in [0.05, 0.1) is 6.20 Å². The van der Waals surface area contributed by atoms with Crippen LogP contribution in [0.25, 0.3) is 11.3 Å². The summed E-state index contributed by atoms with van der Waals surface area (Å²) in [5, 5.41) is 9.68. The van der Waals surface area contributed by atoms with E-state index in [1.807, 2.05) is 0 Å². The lowest BCUT2D eigenvalue weighted by Gasteiger charge is -2.00. The third-order valence-corrected chi connectivity index (χ3v) is 3.28. The van der Waals surface area contributed by atoms with Gasteiger partial charge in [0, 0.05) is 11.8 Å². The van der Waals surface area contributed by atoms with E-state index in [2.05, 4.69) is 25.5 Å². The van der Waals surface area contributed by atoms with Crippen molar-refractivity contribution >= 4 is 33.9 Å². The quantitative estimate of drug-likeness (QED) is 0.726. The SMILES string of the molecule is Fc1sc(Nc2cccc(Cl)n2)nc1-c1cn[nH]c1. The molecule has 0 aliphatic carbocycles. The molecular weight excluding hydrogens is 289 g/mol. The van der Waals surface area contributed by atoms with Gasteiger partial charge in [-0.05, 0) is 12.1 Å². The molecule has 3 rings (SSSR count).